The van der Waals surface area contributed by atoms with Crippen LogP contribution in [0.3, 0.4) is 0 Å². The molecule has 12 heavy (non-hydrogen) atoms. The number of rotatable bonds is 4. The molecule has 1 rings (SSSR count). The van der Waals surface area contributed by atoms with Gasteiger partial charge < -0.3 is 10.3 Å². The second-order valence-electron chi connectivity index (χ2n) is 2.18. The van der Waals surface area contributed by atoms with Crippen molar-refractivity contribution in [2.24, 2.45) is 0 Å². The number of aromatic nitrogens is 2. The number of hydrogen-bond donors (Lipinski definition) is 2. The molecule has 1 aromatic heterocycles. The monoisotopic (exact) mass is 182 g/mol. The van der Waals surface area contributed by atoms with Gasteiger partial charge in [-0.2, -0.15) is 5.26 Å². The van der Waals surface area contributed by atoms with Crippen LogP contribution in [0.25, 0.3) is 0 Å². The Labute approximate surface area is 75.4 Å². The van der Waals surface area contributed by atoms with E-state index in [1.54, 1.807) is 19.4 Å². The number of hydrogen-bond acceptors (Lipinski definition) is 4. The van der Waals surface area contributed by atoms with Gasteiger partial charge in [0, 0.05) is 18.1 Å². The summed E-state index contributed by atoms with van der Waals surface area (Å²) in [7, 11) is 1.77. The first-order valence-electron chi connectivity index (χ1n) is 3.56. The Bertz CT molecular complexity index is 251. The Hall–Kier alpha value is -0.990. The minimum absolute atomic E-state index is 0.111. The first-order valence-corrected chi connectivity index (χ1v) is 4.54. The molecule has 1 aromatic rings. The quantitative estimate of drug-likeness (QED) is 0.670. The van der Waals surface area contributed by atoms with Gasteiger partial charge in [0.25, 0.3) is 0 Å². The third-order valence-corrected chi connectivity index (χ3v) is 2.36. The maximum Gasteiger partial charge on any atom is 0.165 e. The van der Waals surface area contributed by atoms with E-state index in [0.717, 1.165) is 5.16 Å². The van der Waals surface area contributed by atoms with Gasteiger partial charge in [-0.15, -0.1) is 0 Å². The van der Waals surface area contributed by atoms with E-state index in [4.69, 9.17) is 5.26 Å². The van der Waals surface area contributed by atoms with Gasteiger partial charge in [0.2, 0.25) is 0 Å². The van der Waals surface area contributed by atoms with E-state index in [-0.39, 0.29) is 6.04 Å². The van der Waals surface area contributed by atoms with Crippen molar-refractivity contribution < 1.29 is 0 Å². The van der Waals surface area contributed by atoms with Crippen molar-refractivity contribution in [2.45, 2.75) is 11.2 Å². The molecule has 0 bridgehead atoms. The van der Waals surface area contributed by atoms with Gasteiger partial charge in [0.1, 0.15) is 6.04 Å². The number of aromatic amines is 1. The van der Waals surface area contributed by atoms with E-state index in [1.165, 1.54) is 11.8 Å². The van der Waals surface area contributed by atoms with Crippen molar-refractivity contribution in [2.75, 3.05) is 12.8 Å². The van der Waals surface area contributed by atoms with E-state index in [2.05, 4.69) is 21.4 Å². The van der Waals surface area contributed by atoms with Crippen LogP contribution in [0.1, 0.15) is 0 Å². The number of H-pyrrole nitrogens is 1. The molecule has 5 heteroatoms. The Kier molecular flexibility index (Phi) is 3.64. The zero-order valence-corrected chi connectivity index (χ0v) is 7.56. The van der Waals surface area contributed by atoms with Crippen LogP contribution < -0.4 is 5.32 Å². The van der Waals surface area contributed by atoms with E-state index in [0.29, 0.717) is 5.75 Å². The maximum atomic E-state index is 8.60. The summed E-state index contributed by atoms with van der Waals surface area (Å²) in [6.07, 6.45) is 3.46. The Balaban J connectivity index is 2.31. The Morgan fingerprint density at radius 2 is 2.75 bits per heavy atom. The van der Waals surface area contributed by atoms with Crippen LogP contribution in [-0.4, -0.2) is 28.8 Å². The molecule has 0 amide bonds. The SMILES string of the molecule is CNC(C#N)CSc1ncc[nH]1. The van der Waals surface area contributed by atoms with Crippen molar-refractivity contribution in [3.05, 3.63) is 12.4 Å². The summed E-state index contributed by atoms with van der Waals surface area (Å²) in [6, 6.07) is 2.03. The second-order valence-corrected chi connectivity index (χ2v) is 3.18. The number of thioether (sulfide) groups is 1. The molecule has 1 atom stereocenters. The van der Waals surface area contributed by atoms with Gasteiger partial charge in [-0.05, 0) is 7.05 Å². The fourth-order valence-electron chi connectivity index (χ4n) is 0.677. The molecule has 0 aliphatic rings. The minimum Gasteiger partial charge on any atom is -0.340 e. The van der Waals surface area contributed by atoms with Gasteiger partial charge >= 0.3 is 0 Å². The van der Waals surface area contributed by atoms with Crippen LogP contribution in [-0.2, 0) is 0 Å². The largest absolute Gasteiger partial charge is 0.340 e. The van der Waals surface area contributed by atoms with Crippen LogP contribution in [0.2, 0.25) is 0 Å². The average Bonchev–Trinajstić information content (AvgIpc) is 2.59. The highest BCUT2D eigenvalue weighted by Gasteiger charge is 2.04. The molecule has 0 aliphatic heterocycles. The average molecular weight is 182 g/mol. The van der Waals surface area contributed by atoms with Crippen LogP contribution >= 0.6 is 11.8 Å². The van der Waals surface area contributed by atoms with Crippen molar-refractivity contribution in [1.82, 2.24) is 15.3 Å². The first kappa shape index (κ1) is 9.10. The fraction of sp³-hybridized carbons (Fsp3) is 0.429. The lowest BCUT2D eigenvalue weighted by atomic mass is 10.4. The van der Waals surface area contributed by atoms with Gasteiger partial charge in [0.05, 0.1) is 6.07 Å². The summed E-state index contributed by atoms with van der Waals surface area (Å²) < 4.78 is 0. The van der Waals surface area contributed by atoms with Crippen molar-refractivity contribution in [1.29, 1.82) is 5.26 Å². The lowest BCUT2D eigenvalue weighted by Gasteiger charge is -2.03. The molecule has 0 aliphatic carbocycles. The minimum atomic E-state index is -0.111. The molecule has 1 heterocycles. The van der Waals surface area contributed by atoms with Crippen LogP contribution in [0.15, 0.2) is 17.6 Å². The summed E-state index contributed by atoms with van der Waals surface area (Å²) >= 11 is 1.53. The Morgan fingerprint density at radius 1 is 1.92 bits per heavy atom. The molecule has 0 fully saturated rings. The highest BCUT2D eigenvalue weighted by molar-refractivity contribution is 7.99. The van der Waals surface area contributed by atoms with Crippen LogP contribution in [0, 0.1) is 11.3 Å². The first-order chi connectivity index (χ1) is 5.86. The van der Waals surface area contributed by atoms with Crippen molar-refractivity contribution >= 4 is 11.8 Å². The lowest BCUT2D eigenvalue weighted by molar-refractivity contribution is 0.749. The number of imidazole rings is 1. The van der Waals surface area contributed by atoms with Gasteiger partial charge in [0.15, 0.2) is 5.16 Å². The molecule has 64 valence electrons. The molecule has 0 saturated carbocycles. The predicted octanol–water partition coefficient (Wildman–Crippen LogP) is 0.613. The van der Waals surface area contributed by atoms with Crippen molar-refractivity contribution in [3.8, 4) is 6.07 Å². The van der Waals surface area contributed by atoms with E-state index >= 15 is 0 Å². The topological polar surface area (TPSA) is 64.5 Å². The second kappa shape index (κ2) is 4.80. The molecule has 0 radical (unpaired) electrons. The summed E-state index contributed by atoms with van der Waals surface area (Å²) in [6.45, 7) is 0. The maximum absolute atomic E-state index is 8.60. The van der Waals surface area contributed by atoms with E-state index in [9.17, 15) is 0 Å². The molecule has 4 nitrogen and oxygen atoms in total. The number of nitriles is 1. The standard InChI is InChI=1S/C7H10N4S/c1-9-6(4-8)5-12-7-10-2-3-11-7/h2-3,6,9H,5H2,1H3,(H,10,11). The van der Waals surface area contributed by atoms with Gasteiger partial charge in [-0.1, -0.05) is 11.8 Å². The van der Waals surface area contributed by atoms with Crippen LogP contribution in [0.5, 0.6) is 0 Å². The molecule has 2 N–H and O–H groups in total. The molecular formula is C7H10N4S. The van der Waals surface area contributed by atoms with Crippen molar-refractivity contribution in [3.63, 3.8) is 0 Å². The molecular weight excluding hydrogens is 172 g/mol. The zero-order valence-electron chi connectivity index (χ0n) is 6.74. The number of nitrogens with one attached hydrogen (secondary N) is 2. The zero-order chi connectivity index (χ0) is 8.81. The lowest BCUT2D eigenvalue weighted by Crippen LogP contribution is -2.25. The summed E-state index contributed by atoms with van der Waals surface area (Å²) in [4.78, 5) is 6.98. The third-order valence-electron chi connectivity index (χ3n) is 1.36. The Morgan fingerprint density at radius 3 is 3.25 bits per heavy atom. The summed E-state index contributed by atoms with van der Waals surface area (Å²) in [5, 5.41) is 12.3. The summed E-state index contributed by atoms with van der Waals surface area (Å²) in [5.74, 6) is 0.709. The highest BCUT2D eigenvalue weighted by atomic mass is 32.2. The normalized spacial score (nSPS) is 12.3. The van der Waals surface area contributed by atoms with Crippen LogP contribution in [0.4, 0.5) is 0 Å². The third kappa shape index (κ3) is 2.57. The highest BCUT2D eigenvalue weighted by Crippen LogP contribution is 2.12. The summed E-state index contributed by atoms with van der Waals surface area (Å²) in [5.41, 5.74) is 0. The molecule has 0 saturated heterocycles. The van der Waals surface area contributed by atoms with E-state index in [1.807, 2.05) is 0 Å². The van der Waals surface area contributed by atoms with E-state index < -0.39 is 0 Å². The molecule has 1 unspecified atom stereocenters. The number of nitrogens with zero attached hydrogens (tertiary/aromatic N) is 2. The van der Waals surface area contributed by atoms with Gasteiger partial charge in [-0.3, -0.25) is 0 Å². The van der Waals surface area contributed by atoms with Gasteiger partial charge in [-0.25, -0.2) is 4.98 Å². The molecule has 0 spiro atoms. The smallest absolute Gasteiger partial charge is 0.165 e. The molecule has 0 aromatic carbocycles. The predicted molar refractivity (Wildman–Crippen MR) is 47.8 cm³/mol. The fourth-order valence-corrected chi connectivity index (χ4v) is 1.53.